The van der Waals surface area contributed by atoms with Crippen molar-refractivity contribution in [3.8, 4) is 5.69 Å². The Morgan fingerprint density at radius 3 is 2.21 bits per heavy atom. The van der Waals surface area contributed by atoms with Crippen LogP contribution in [0.4, 0.5) is 11.6 Å². The zero-order chi connectivity index (χ0) is 20.7. The lowest BCUT2D eigenvalue weighted by Gasteiger charge is -2.28. The monoisotopic (exact) mass is 384 g/mol. The van der Waals surface area contributed by atoms with Crippen LogP contribution < -0.4 is 9.38 Å². The number of hydrogen-bond donors (Lipinski definition) is 0. The number of rotatable bonds is 4. The van der Waals surface area contributed by atoms with Crippen LogP contribution in [0.25, 0.3) is 11.8 Å². The summed E-state index contributed by atoms with van der Waals surface area (Å²) in [7, 11) is 2.15. The Bertz CT molecular complexity index is 1040. The molecule has 0 spiro atoms. The van der Waals surface area contributed by atoms with Gasteiger partial charge in [-0.05, 0) is 35.9 Å². The maximum atomic E-state index is 2.45. The SMILES string of the molecule is CB1C=Cc2ccccc2N1c1n(-c2c(C(C)C)cccc2C(C)C)cc[n+]1C. The van der Waals surface area contributed by atoms with Crippen molar-refractivity contribution < 1.29 is 4.57 Å². The quantitative estimate of drug-likeness (QED) is 0.404. The van der Waals surface area contributed by atoms with E-state index in [1.165, 1.54) is 34.0 Å². The predicted molar refractivity (Wildman–Crippen MR) is 124 cm³/mol. The average Bonchev–Trinajstić information content (AvgIpc) is 3.08. The summed E-state index contributed by atoms with van der Waals surface area (Å²) >= 11 is 0. The molecule has 4 rings (SSSR count). The molecule has 1 aliphatic rings. The summed E-state index contributed by atoms with van der Waals surface area (Å²) in [5, 5.41) is 0. The smallest absolute Gasteiger partial charge is 0.284 e. The molecule has 2 aromatic carbocycles. The van der Waals surface area contributed by atoms with Gasteiger partial charge in [-0.15, -0.1) is 0 Å². The van der Waals surface area contributed by atoms with E-state index in [0.29, 0.717) is 11.8 Å². The van der Waals surface area contributed by atoms with Gasteiger partial charge in [-0.25, -0.2) is 9.13 Å². The Labute approximate surface area is 175 Å². The van der Waals surface area contributed by atoms with Crippen LogP contribution >= 0.6 is 0 Å². The Balaban J connectivity index is 1.99. The van der Waals surface area contributed by atoms with E-state index >= 15 is 0 Å². The molecule has 4 heteroatoms. The van der Waals surface area contributed by atoms with Gasteiger partial charge < -0.3 is 0 Å². The van der Waals surface area contributed by atoms with E-state index in [4.69, 9.17) is 0 Å². The molecule has 0 saturated heterocycles. The minimum Gasteiger partial charge on any atom is -0.284 e. The second-order valence-electron chi connectivity index (χ2n) is 8.70. The largest absolute Gasteiger partial charge is 0.366 e. The Morgan fingerprint density at radius 1 is 0.897 bits per heavy atom. The Kier molecular flexibility index (Phi) is 5.12. The van der Waals surface area contributed by atoms with Crippen LogP contribution in [0.5, 0.6) is 0 Å². The number of para-hydroxylation sites is 2. The van der Waals surface area contributed by atoms with E-state index in [1.807, 2.05) is 0 Å². The fourth-order valence-electron chi connectivity index (χ4n) is 4.41. The molecule has 1 aromatic heterocycles. The van der Waals surface area contributed by atoms with Crippen LogP contribution in [0, 0.1) is 0 Å². The summed E-state index contributed by atoms with van der Waals surface area (Å²) in [6, 6.07) is 15.4. The lowest BCUT2D eigenvalue weighted by molar-refractivity contribution is -0.656. The lowest BCUT2D eigenvalue weighted by Crippen LogP contribution is -2.43. The molecule has 0 amide bonds. The first-order chi connectivity index (χ1) is 13.9. The highest BCUT2D eigenvalue weighted by Gasteiger charge is 2.36. The summed E-state index contributed by atoms with van der Waals surface area (Å²) in [5.41, 5.74) is 6.63. The molecule has 1 aliphatic heterocycles. The van der Waals surface area contributed by atoms with Crippen molar-refractivity contribution in [2.75, 3.05) is 4.81 Å². The van der Waals surface area contributed by atoms with Gasteiger partial charge >= 0.3 is 12.8 Å². The Hall–Kier alpha value is -2.75. The van der Waals surface area contributed by atoms with E-state index in [0.717, 1.165) is 0 Å². The van der Waals surface area contributed by atoms with Gasteiger partial charge in [0, 0.05) is 5.56 Å². The van der Waals surface area contributed by atoms with Crippen LogP contribution in [0.3, 0.4) is 0 Å². The van der Waals surface area contributed by atoms with E-state index in [9.17, 15) is 0 Å². The number of fused-ring (bicyclic) bond motifs is 1. The molecule has 0 saturated carbocycles. The van der Waals surface area contributed by atoms with Crippen molar-refractivity contribution in [3.63, 3.8) is 0 Å². The molecule has 29 heavy (non-hydrogen) atoms. The molecule has 0 aliphatic carbocycles. The van der Waals surface area contributed by atoms with Gasteiger partial charge in [0.15, 0.2) is 0 Å². The number of nitrogens with zero attached hydrogens (tertiary/aromatic N) is 3. The van der Waals surface area contributed by atoms with Gasteiger partial charge in [-0.3, -0.25) is 4.81 Å². The molecule has 3 nitrogen and oxygen atoms in total. The van der Waals surface area contributed by atoms with Gasteiger partial charge in [-0.1, -0.05) is 76.1 Å². The first-order valence-corrected chi connectivity index (χ1v) is 10.7. The second kappa shape index (κ2) is 7.59. The van der Waals surface area contributed by atoms with Crippen LogP contribution in [0.1, 0.15) is 56.2 Å². The van der Waals surface area contributed by atoms with Crippen molar-refractivity contribution in [2.24, 2.45) is 7.05 Å². The van der Waals surface area contributed by atoms with Gasteiger partial charge in [0.1, 0.15) is 11.9 Å². The topological polar surface area (TPSA) is 12.1 Å². The fraction of sp³-hybridized carbons (Fsp3) is 0.320. The molecular weight excluding hydrogens is 353 g/mol. The first kappa shape index (κ1) is 19.6. The van der Waals surface area contributed by atoms with E-state index in [1.54, 1.807) is 0 Å². The summed E-state index contributed by atoms with van der Waals surface area (Å²) in [6.45, 7) is 11.7. The summed E-state index contributed by atoms with van der Waals surface area (Å²) in [6.07, 6.45) is 6.63. The summed E-state index contributed by atoms with van der Waals surface area (Å²) in [5.74, 6) is 4.38. The van der Waals surface area contributed by atoms with Gasteiger partial charge in [0.25, 0.3) is 0 Å². The third kappa shape index (κ3) is 3.31. The van der Waals surface area contributed by atoms with Crippen molar-refractivity contribution >= 4 is 24.6 Å². The summed E-state index contributed by atoms with van der Waals surface area (Å²) < 4.78 is 4.64. The maximum absolute atomic E-state index is 2.45. The van der Waals surface area contributed by atoms with Gasteiger partial charge in [0.2, 0.25) is 0 Å². The number of aromatic nitrogens is 2. The minimum atomic E-state index is 0.276. The zero-order valence-corrected chi connectivity index (χ0v) is 18.4. The van der Waals surface area contributed by atoms with Crippen LogP contribution in [0.15, 0.2) is 60.8 Å². The number of hydrogen-bond acceptors (Lipinski definition) is 1. The zero-order valence-electron chi connectivity index (χ0n) is 18.4. The highest BCUT2D eigenvalue weighted by Crippen LogP contribution is 2.37. The molecule has 0 atom stereocenters. The number of aryl methyl sites for hydroxylation is 1. The second-order valence-corrected chi connectivity index (χ2v) is 8.70. The Morgan fingerprint density at radius 2 is 1.55 bits per heavy atom. The van der Waals surface area contributed by atoms with E-state index in [2.05, 4.69) is 122 Å². The third-order valence-corrected chi connectivity index (χ3v) is 5.93. The molecule has 0 fully saturated rings. The number of benzene rings is 2. The molecule has 3 aromatic rings. The van der Waals surface area contributed by atoms with Crippen LogP contribution in [-0.4, -0.2) is 11.4 Å². The molecule has 0 bridgehead atoms. The number of imidazole rings is 1. The molecule has 2 heterocycles. The average molecular weight is 384 g/mol. The summed E-state index contributed by atoms with van der Waals surface area (Å²) in [4.78, 5) is 2.45. The van der Waals surface area contributed by atoms with Crippen molar-refractivity contribution in [1.82, 2.24) is 4.57 Å². The first-order valence-electron chi connectivity index (χ1n) is 10.7. The van der Waals surface area contributed by atoms with Gasteiger partial charge in [-0.2, -0.15) is 0 Å². The fourth-order valence-corrected chi connectivity index (χ4v) is 4.41. The predicted octanol–water partition coefficient (Wildman–Crippen LogP) is 5.87. The maximum Gasteiger partial charge on any atom is 0.366 e. The van der Waals surface area contributed by atoms with Crippen molar-refractivity contribution in [3.05, 3.63) is 77.5 Å². The normalized spacial score (nSPS) is 13.5. The van der Waals surface area contributed by atoms with Crippen LogP contribution in [0.2, 0.25) is 6.82 Å². The molecule has 148 valence electrons. The van der Waals surface area contributed by atoms with E-state index < -0.39 is 0 Å². The highest BCUT2D eigenvalue weighted by atomic mass is 15.3. The number of anilines is 2. The molecule has 0 N–H and O–H groups in total. The minimum absolute atomic E-state index is 0.276. The lowest BCUT2D eigenvalue weighted by atomic mass is 9.60. The van der Waals surface area contributed by atoms with E-state index in [-0.39, 0.29) is 6.85 Å². The molecule has 0 unspecified atom stereocenters. The highest BCUT2D eigenvalue weighted by molar-refractivity contribution is 6.69. The standard InChI is InChI=1S/C25H31BN3/c1-18(2)21-11-9-12-22(19(3)4)24(21)28-17-16-27(6)25(28)29-23-13-8-7-10-20(23)14-15-26(29)5/h7-19H,1-6H3/q+1. The van der Waals surface area contributed by atoms with Crippen molar-refractivity contribution in [1.29, 1.82) is 0 Å². The van der Waals surface area contributed by atoms with Crippen LogP contribution in [-0.2, 0) is 7.05 Å². The van der Waals surface area contributed by atoms with Crippen molar-refractivity contribution in [2.45, 2.75) is 46.4 Å². The molecular formula is C25H31BN3+. The third-order valence-electron chi connectivity index (χ3n) is 5.93. The van der Waals surface area contributed by atoms with Gasteiger partial charge in [0.05, 0.1) is 18.9 Å². The molecule has 0 radical (unpaired) electrons.